The number of pyridine rings is 1. The van der Waals surface area contributed by atoms with Crippen LogP contribution in [-0.4, -0.2) is 28.7 Å². The number of nitrogens with one attached hydrogen (secondary N) is 1. The average Bonchev–Trinajstić information content (AvgIpc) is 3.09. The van der Waals surface area contributed by atoms with Crippen LogP contribution in [0.5, 0.6) is 0 Å². The molecule has 0 spiro atoms. The van der Waals surface area contributed by atoms with Gasteiger partial charge in [0.1, 0.15) is 11.9 Å². The molecule has 20 heavy (non-hydrogen) atoms. The second kappa shape index (κ2) is 5.42. The Labute approximate surface area is 116 Å². The average molecular weight is 273 g/mol. The lowest BCUT2D eigenvalue weighted by atomic mass is 10.0. The zero-order valence-electron chi connectivity index (χ0n) is 11.1. The molecule has 0 bridgehead atoms. The first-order valence-electron chi connectivity index (χ1n) is 6.50. The predicted molar refractivity (Wildman–Crippen MR) is 70.0 cm³/mol. The predicted octanol–water partition coefficient (Wildman–Crippen LogP) is 1.64. The van der Waals surface area contributed by atoms with Gasteiger partial charge in [0, 0.05) is 30.6 Å². The van der Waals surface area contributed by atoms with Gasteiger partial charge in [0.05, 0.1) is 6.04 Å². The Morgan fingerprint density at radius 2 is 2.40 bits per heavy atom. The maximum atomic E-state index is 12.1. The summed E-state index contributed by atoms with van der Waals surface area (Å²) >= 11 is 0. The summed E-state index contributed by atoms with van der Waals surface area (Å²) in [5.41, 5.74) is 1.26. The van der Waals surface area contributed by atoms with E-state index in [2.05, 4.69) is 15.5 Å². The second-order valence-corrected chi connectivity index (χ2v) is 4.77. The number of nitrogens with zero attached hydrogens (tertiary/aromatic N) is 2. The standard InChI is InChI=1S/C14H15N3O3/c1-9-7-12(17-20-9)14(18)16-11-4-6-19-13(11)10-3-2-5-15-8-10/h2-3,5,7-8,11,13H,4,6H2,1H3,(H,16,18)/t11-,13+/m0/s1. The third-order valence-electron chi connectivity index (χ3n) is 3.28. The van der Waals surface area contributed by atoms with Crippen molar-refractivity contribution < 1.29 is 14.1 Å². The maximum Gasteiger partial charge on any atom is 0.273 e. The van der Waals surface area contributed by atoms with Gasteiger partial charge in [0.25, 0.3) is 5.91 Å². The molecule has 1 aliphatic heterocycles. The van der Waals surface area contributed by atoms with Gasteiger partial charge in [-0.05, 0) is 19.4 Å². The van der Waals surface area contributed by atoms with E-state index in [0.29, 0.717) is 18.1 Å². The number of ether oxygens (including phenoxy) is 1. The van der Waals surface area contributed by atoms with Crippen LogP contribution in [0.15, 0.2) is 35.1 Å². The van der Waals surface area contributed by atoms with Crippen molar-refractivity contribution in [1.29, 1.82) is 0 Å². The van der Waals surface area contributed by atoms with Crippen molar-refractivity contribution in [1.82, 2.24) is 15.5 Å². The van der Waals surface area contributed by atoms with Crippen molar-refractivity contribution in [3.8, 4) is 0 Å². The van der Waals surface area contributed by atoms with Gasteiger partial charge in [0.2, 0.25) is 0 Å². The number of carbonyl (C=O) groups is 1. The van der Waals surface area contributed by atoms with E-state index in [4.69, 9.17) is 9.26 Å². The molecule has 104 valence electrons. The van der Waals surface area contributed by atoms with Crippen molar-refractivity contribution in [2.75, 3.05) is 6.61 Å². The summed E-state index contributed by atoms with van der Waals surface area (Å²) in [7, 11) is 0. The zero-order chi connectivity index (χ0) is 13.9. The first-order valence-corrected chi connectivity index (χ1v) is 6.50. The molecular formula is C14H15N3O3. The number of carbonyl (C=O) groups excluding carboxylic acids is 1. The van der Waals surface area contributed by atoms with Crippen molar-refractivity contribution in [3.63, 3.8) is 0 Å². The fourth-order valence-electron chi connectivity index (χ4n) is 2.33. The molecule has 1 amide bonds. The number of amides is 1. The van der Waals surface area contributed by atoms with Crippen LogP contribution in [-0.2, 0) is 4.74 Å². The minimum absolute atomic E-state index is 0.0799. The summed E-state index contributed by atoms with van der Waals surface area (Å²) in [6.07, 6.45) is 4.07. The highest BCUT2D eigenvalue weighted by Gasteiger charge is 2.31. The summed E-state index contributed by atoms with van der Waals surface area (Å²) in [6.45, 7) is 2.36. The summed E-state index contributed by atoms with van der Waals surface area (Å²) in [4.78, 5) is 16.2. The number of hydrogen-bond acceptors (Lipinski definition) is 5. The minimum atomic E-state index is -0.244. The van der Waals surface area contributed by atoms with Crippen LogP contribution >= 0.6 is 0 Å². The molecule has 0 aliphatic carbocycles. The van der Waals surface area contributed by atoms with Gasteiger partial charge in [-0.1, -0.05) is 11.2 Å². The molecule has 0 unspecified atom stereocenters. The highest BCUT2D eigenvalue weighted by Crippen LogP contribution is 2.28. The molecule has 2 aromatic heterocycles. The van der Waals surface area contributed by atoms with E-state index >= 15 is 0 Å². The SMILES string of the molecule is Cc1cc(C(=O)N[C@H]2CCO[C@@H]2c2cccnc2)no1. The Balaban J connectivity index is 1.72. The van der Waals surface area contributed by atoms with Crippen molar-refractivity contribution in [2.45, 2.75) is 25.5 Å². The fourth-order valence-corrected chi connectivity index (χ4v) is 2.33. The molecule has 6 nitrogen and oxygen atoms in total. The van der Waals surface area contributed by atoms with E-state index in [9.17, 15) is 4.79 Å². The Morgan fingerprint density at radius 1 is 1.50 bits per heavy atom. The largest absolute Gasteiger partial charge is 0.371 e. The number of aryl methyl sites for hydroxylation is 1. The van der Waals surface area contributed by atoms with Gasteiger partial charge in [-0.2, -0.15) is 0 Å². The Kier molecular flexibility index (Phi) is 3.47. The van der Waals surface area contributed by atoms with E-state index in [1.165, 1.54) is 0 Å². The van der Waals surface area contributed by atoms with Gasteiger partial charge in [-0.25, -0.2) is 0 Å². The van der Waals surface area contributed by atoms with E-state index < -0.39 is 0 Å². The Bertz CT molecular complexity index is 597. The van der Waals surface area contributed by atoms with E-state index in [1.54, 1.807) is 25.4 Å². The number of hydrogen-bond donors (Lipinski definition) is 1. The van der Waals surface area contributed by atoms with Crippen LogP contribution in [0.1, 0.15) is 34.3 Å². The molecule has 1 N–H and O–H groups in total. The normalized spacial score (nSPS) is 21.9. The van der Waals surface area contributed by atoms with Crippen LogP contribution in [0.2, 0.25) is 0 Å². The van der Waals surface area contributed by atoms with Crippen LogP contribution in [0.25, 0.3) is 0 Å². The van der Waals surface area contributed by atoms with Gasteiger partial charge in [0.15, 0.2) is 5.69 Å². The topological polar surface area (TPSA) is 77.2 Å². The molecule has 0 saturated carbocycles. The third-order valence-corrected chi connectivity index (χ3v) is 3.28. The van der Waals surface area contributed by atoms with Gasteiger partial charge < -0.3 is 14.6 Å². The molecule has 3 heterocycles. The lowest BCUT2D eigenvalue weighted by Gasteiger charge is -2.19. The first-order chi connectivity index (χ1) is 9.74. The van der Waals surface area contributed by atoms with Crippen LogP contribution in [0.3, 0.4) is 0 Å². The Hall–Kier alpha value is -2.21. The summed E-state index contributed by atoms with van der Waals surface area (Å²) in [5, 5.41) is 6.66. The summed E-state index contributed by atoms with van der Waals surface area (Å²) < 4.78 is 10.6. The van der Waals surface area contributed by atoms with Crippen molar-refractivity contribution in [2.24, 2.45) is 0 Å². The maximum absolute atomic E-state index is 12.1. The van der Waals surface area contributed by atoms with Gasteiger partial charge in [-0.3, -0.25) is 9.78 Å². The van der Waals surface area contributed by atoms with Gasteiger partial charge in [-0.15, -0.1) is 0 Å². The third kappa shape index (κ3) is 2.55. The van der Waals surface area contributed by atoms with Crippen molar-refractivity contribution >= 4 is 5.91 Å². The molecule has 0 aromatic carbocycles. The molecule has 1 saturated heterocycles. The van der Waals surface area contributed by atoms with Crippen LogP contribution in [0, 0.1) is 6.92 Å². The monoisotopic (exact) mass is 273 g/mol. The van der Waals surface area contributed by atoms with Crippen LogP contribution in [0.4, 0.5) is 0 Å². The molecule has 1 aliphatic rings. The Morgan fingerprint density at radius 3 is 3.10 bits per heavy atom. The molecule has 3 rings (SSSR count). The first kappa shape index (κ1) is 12.8. The lowest BCUT2D eigenvalue weighted by Crippen LogP contribution is -2.37. The number of aromatic nitrogens is 2. The van der Waals surface area contributed by atoms with E-state index in [-0.39, 0.29) is 18.1 Å². The molecule has 2 atom stereocenters. The smallest absolute Gasteiger partial charge is 0.273 e. The molecule has 6 heteroatoms. The highest BCUT2D eigenvalue weighted by molar-refractivity contribution is 5.92. The highest BCUT2D eigenvalue weighted by atomic mass is 16.5. The second-order valence-electron chi connectivity index (χ2n) is 4.77. The summed E-state index contributed by atoms with van der Waals surface area (Å²) in [6, 6.07) is 5.34. The lowest BCUT2D eigenvalue weighted by molar-refractivity contribution is 0.0814. The minimum Gasteiger partial charge on any atom is -0.371 e. The fraction of sp³-hybridized carbons (Fsp3) is 0.357. The van der Waals surface area contributed by atoms with Crippen molar-refractivity contribution in [3.05, 3.63) is 47.6 Å². The zero-order valence-corrected chi connectivity index (χ0v) is 11.1. The van der Waals surface area contributed by atoms with E-state index in [1.807, 2.05) is 12.1 Å². The molecule has 1 fully saturated rings. The van der Waals surface area contributed by atoms with E-state index in [0.717, 1.165) is 12.0 Å². The van der Waals surface area contributed by atoms with Crippen LogP contribution < -0.4 is 5.32 Å². The summed E-state index contributed by atoms with van der Waals surface area (Å²) in [5.74, 6) is 0.368. The number of rotatable bonds is 3. The molecular weight excluding hydrogens is 258 g/mol. The molecule has 2 aromatic rings. The molecule has 0 radical (unpaired) electrons. The quantitative estimate of drug-likeness (QED) is 0.919. The van der Waals surface area contributed by atoms with Gasteiger partial charge >= 0.3 is 0 Å².